The van der Waals surface area contributed by atoms with E-state index in [-0.39, 0.29) is 48.4 Å². The van der Waals surface area contributed by atoms with E-state index in [1.807, 2.05) is 0 Å². The first-order valence-electron chi connectivity index (χ1n) is 12.6. The Morgan fingerprint density at radius 3 is 2.21 bits per heavy atom. The first-order valence-corrected chi connectivity index (χ1v) is 16.0. The van der Waals surface area contributed by atoms with Crippen LogP contribution in [-0.4, -0.2) is 62.8 Å². The van der Waals surface area contributed by atoms with E-state index in [1.54, 1.807) is 0 Å². The van der Waals surface area contributed by atoms with Gasteiger partial charge in [-0.1, -0.05) is 6.07 Å². The second kappa shape index (κ2) is 10.4. The van der Waals surface area contributed by atoms with Gasteiger partial charge in [-0.3, -0.25) is 4.79 Å². The molecule has 1 amide bonds. The van der Waals surface area contributed by atoms with Crippen LogP contribution in [0.25, 0.3) is 0 Å². The number of carbonyl (C=O) groups is 1. The van der Waals surface area contributed by atoms with Crippen LogP contribution in [-0.2, 0) is 25.9 Å². The van der Waals surface area contributed by atoms with Gasteiger partial charge in [0.1, 0.15) is 6.10 Å². The SMILES string of the molecule is CC(C)(C1CCN(C(=O)c2cnc(OC3CCC3)cc2S(C)(=O)=O)CC1)S(=O)(=O)c1cccc(C(F)(F)F)c1. The normalized spacial score (nSPS) is 18.1. The maximum Gasteiger partial charge on any atom is 0.416 e. The van der Waals surface area contributed by atoms with E-state index in [1.165, 1.54) is 31.0 Å². The molecule has 13 heteroatoms. The fourth-order valence-electron chi connectivity index (χ4n) is 4.92. The van der Waals surface area contributed by atoms with Gasteiger partial charge in [0, 0.05) is 31.6 Å². The molecule has 0 unspecified atom stereocenters. The fraction of sp³-hybridized carbons (Fsp3) is 0.538. The van der Waals surface area contributed by atoms with E-state index in [4.69, 9.17) is 4.74 Å². The van der Waals surface area contributed by atoms with Gasteiger partial charge < -0.3 is 9.64 Å². The molecule has 1 aromatic carbocycles. The van der Waals surface area contributed by atoms with E-state index in [0.29, 0.717) is 6.07 Å². The van der Waals surface area contributed by atoms with E-state index >= 15 is 0 Å². The van der Waals surface area contributed by atoms with Crippen molar-refractivity contribution in [3.63, 3.8) is 0 Å². The molecule has 2 fully saturated rings. The average molecular weight is 589 g/mol. The number of hydrogen-bond donors (Lipinski definition) is 0. The van der Waals surface area contributed by atoms with Gasteiger partial charge in [0.2, 0.25) is 5.88 Å². The fourth-order valence-corrected chi connectivity index (χ4v) is 7.60. The lowest BCUT2D eigenvalue weighted by Crippen LogP contribution is -2.47. The topological polar surface area (TPSA) is 111 Å². The highest BCUT2D eigenvalue weighted by Crippen LogP contribution is 2.40. The smallest absolute Gasteiger partial charge is 0.416 e. The van der Waals surface area contributed by atoms with E-state index in [9.17, 15) is 34.8 Å². The molecule has 2 aliphatic rings. The van der Waals surface area contributed by atoms with Crippen molar-refractivity contribution in [2.45, 2.75) is 72.8 Å². The standard InChI is InChI=1S/C26H31F3N2O6S2/c1-25(2,39(35,36)20-9-4-6-18(14-20)26(27,28)29)17-10-12-31(13-11-17)24(32)21-16-30-23(37-19-7-5-8-19)15-22(21)38(3,33)34/h4,6,9,14-17,19H,5,7-8,10-13H2,1-3H3. The zero-order valence-electron chi connectivity index (χ0n) is 21.9. The molecule has 2 heterocycles. The molecule has 2 aromatic rings. The molecule has 1 aliphatic carbocycles. The van der Waals surface area contributed by atoms with Crippen molar-refractivity contribution in [3.8, 4) is 5.88 Å². The number of piperidine rings is 1. The van der Waals surface area contributed by atoms with E-state index in [2.05, 4.69) is 4.98 Å². The molecule has 0 bridgehead atoms. The Kier molecular flexibility index (Phi) is 7.80. The molecule has 1 saturated carbocycles. The number of nitrogens with zero attached hydrogens (tertiary/aromatic N) is 2. The number of halogens is 3. The minimum atomic E-state index is -4.68. The number of amides is 1. The Morgan fingerprint density at radius 2 is 1.67 bits per heavy atom. The highest BCUT2D eigenvalue weighted by atomic mass is 32.2. The lowest BCUT2D eigenvalue weighted by Gasteiger charge is -2.40. The van der Waals surface area contributed by atoms with Crippen LogP contribution in [0.2, 0.25) is 0 Å². The van der Waals surface area contributed by atoms with Gasteiger partial charge in [0.15, 0.2) is 19.7 Å². The Labute approximate surface area is 226 Å². The quantitative estimate of drug-likeness (QED) is 0.467. The van der Waals surface area contributed by atoms with Crippen LogP contribution in [0.4, 0.5) is 13.2 Å². The van der Waals surface area contributed by atoms with Crippen LogP contribution in [0.15, 0.2) is 46.3 Å². The van der Waals surface area contributed by atoms with Crippen molar-refractivity contribution in [2.24, 2.45) is 5.92 Å². The highest BCUT2D eigenvalue weighted by Gasteiger charge is 2.45. The Bertz CT molecular complexity index is 1460. The predicted octanol–water partition coefficient (Wildman–Crippen LogP) is 4.54. The summed E-state index contributed by atoms with van der Waals surface area (Å²) in [6.07, 6.45) is 0.748. The first-order chi connectivity index (χ1) is 18.0. The molecule has 1 aromatic heterocycles. The lowest BCUT2D eigenvalue weighted by atomic mass is 9.85. The Balaban J connectivity index is 1.51. The lowest BCUT2D eigenvalue weighted by molar-refractivity contribution is -0.137. The van der Waals surface area contributed by atoms with Crippen LogP contribution in [0, 0.1) is 5.92 Å². The van der Waals surface area contributed by atoms with Gasteiger partial charge in [-0.05, 0) is 70.1 Å². The Morgan fingerprint density at radius 1 is 1.03 bits per heavy atom. The van der Waals surface area contributed by atoms with Crippen LogP contribution < -0.4 is 4.74 Å². The summed E-state index contributed by atoms with van der Waals surface area (Å²) in [6, 6.07) is 4.96. The number of rotatable bonds is 7. The van der Waals surface area contributed by atoms with Crippen molar-refractivity contribution in [3.05, 3.63) is 47.7 Å². The van der Waals surface area contributed by atoms with Gasteiger partial charge in [-0.25, -0.2) is 21.8 Å². The van der Waals surface area contributed by atoms with Crippen molar-refractivity contribution >= 4 is 25.6 Å². The number of ether oxygens (including phenoxy) is 1. The molecule has 214 valence electrons. The number of aromatic nitrogens is 1. The first kappa shape index (κ1) is 29.3. The molecule has 4 rings (SSSR count). The number of sulfone groups is 2. The summed E-state index contributed by atoms with van der Waals surface area (Å²) < 4.78 is 95.7. The molecule has 0 spiro atoms. The maximum absolute atomic E-state index is 13.4. The highest BCUT2D eigenvalue weighted by molar-refractivity contribution is 7.92. The monoisotopic (exact) mass is 588 g/mol. The molecule has 8 nitrogen and oxygen atoms in total. The number of hydrogen-bond acceptors (Lipinski definition) is 7. The van der Waals surface area contributed by atoms with Crippen LogP contribution in [0.3, 0.4) is 0 Å². The summed E-state index contributed by atoms with van der Waals surface area (Å²) in [4.78, 5) is 18.3. The summed E-state index contributed by atoms with van der Waals surface area (Å²) in [6.45, 7) is 3.26. The number of benzene rings is 1. The summed E-state index contributed by atoms with van der Waals surface area (Å²) in [5.41, 5.74) is -1.13. The third-order valence-electron chi connectivity index (χ3n) is 7.74. The molecular weight excluding hydrogens is 557 g/mol. The number of alkyl halides is 3. The summed E-state index contributed by atoms with van der Waals surface area (Å²) >= 11 is 0. The summed E-state index contributed by atoms with van der Waals surface area (Å²) in [7, 11) is -7.94. The van der Waals surface area contributed by atoms with Gasteiger partial charge >= 0.3 is 6.18 Å². The van der Waals surface area contributed by atoms with Crippen LogP contribution >= 0.6 is 0 Å². The third kappa shape index (κ3) is 5.93. The van der Waals surface area contributed by atoms with Crippen molar-refractivity contribution in [1.29, 1.82) is 0 Å². The molecule has 39 heavy (non-hydrogen) atoms. The largest absolute Gasteiger partial charge is 0.474 e. The average Bonchev–Trinajstić information content (AvgIpc) is 2.84. The number of carbonyl (C=O) groups excluding carboxylic acids is 1. The van der Waals surface area contributed by atoms with E-state index < -0.39 is 52.9 Å². The zero-order chi connectivity index (χ0) is 28.8. The number of likely N-dealkylation sites (tertiary alicyclic amines) is 1. The Hall–Kier alpha value is -2.67. The molecular formula is C26H31F3N2O6S2. The van der Waals surface area contributed by atoms with Crippen molar-refractivity contribution in [2.75, 3.05) is 19.3 Å². The van der Waals surface area contributed by atoms with E-state index in [0.717, 1.165) is 43.7 Å². The second-order valence-corrected chi connectivity index (χ2v) is 15.2. The zero-order valence-corrected chi connectivity index (χ0v) is 23.5. The molecule has 0 radical (unpaired) electrons. The van der Waals surface area contributed by atoms with Gasteiger partial charge in [0.05, 0.1) is 25.7 Å². The third-order valence-corrected chi connectivity index (χ3v) is 11.5. The van der Waals surface area contributed by atoms with Crippen molar-refractivity contribution in [1.82, 2.24) is 9.88 Å². The molecule has 1 aliphatic heterocycles. The van der Waals surface area contributed by atoms with Crippen LogP contribution in [0.5, 0.6) is 5.88 Å². The summed E-state index contributed by atoms with van der Waals surface area (Å²) in [5.74, 6) is -0.862. The van der Waals surface area contributed by atoms with Gasteiger partial charge in [0.25, 0.3) is 5.91 Å². The number of pyridine rings is 1. The van der Waals surface area contributed by atoms with Crippen LogP contribution in [0.1, 0.15) is 61.9 Å². The minimum absolute atomic E-state index is 0.0268. The van der Waals surface area contributed by atoms with Gasteiger partial charge in [-0.2, -0.15) is 13.2 Å². The molecule has 1 saturated heterocycles. The maximum atomic E-state index is 13.4. The van der Waals surface area contributed by atoms with Gasteiger partial charge in [-0.15, -0.1) is 0 Å². The predicted molar refractivity (Wildman–Crippen MR) is 137 cm³/mol. The second-order valence-electron chi connectivity index (χ2n) is 10.7. The minimum Gasteiger partial charge on any atom is -0.474 e. The summed E-state index contributed by atoms with van der Waals surface area (Å²) in [5, 5.41) is 0. The molecule has 0 atom stereocenters. The van der Waals surface area contributed by atoms with Crippen molar-refractivity contribution < 1.29 is 39.5 Å². The molecule has 0 N–H and O–H groups in total.